The second-order valence-corrected chi connectivity index (χ2v) is 9.13. The number of rotatable bonds is 4. The zero-order valence-corrected chi connectivity index (χ0v) is 20.6. The molecule has 1 aliphatic heterocycles. The van der Waals surface area contributed by atoms with Gasteiger partial charge in [-0.2, -0.15) is 0 Å². The number of benzene rings is 3. The number of amides is 1. The highest BCUT2D eigenvalue weighted by Crippen LogP contribution is 2.43. The smallest absolute Gasteiger partial charge is 0.300 e. The van der Waals surface area contributed by atoms with Gasteiger partial charge < -0.3 is 9.84 Å². The molecule has 1 unspecified atom stereocenters. The molecule has 1 heterocycles. The van der Waals surface area contributed by atoms with E-state index in [0.29, 0.717) is 27.6 Å². The summed E-state index contributed by atoms with van der Waals surface area (Å²) in [5.74, 6) is -1.27. The Morgan fingerprint density at radius 3 is 2.45 bits per heavy atom. The van der Waals surface area contributed by atoms with Gasteiger partial charge >= 0.3 is 0 Å². The first-order valence-corrected chi connectivity index (χ1v) is 11.4. The van der Waals surface area contributed by atoms with Crippen molar-refractivity contribution < 1.29 is 19.4 Å². The molecule has 1 N–H and O–H groups in total. The zero-order valence-electron chi connectivity index (χ0n) is 18.2. The van der Waals surface area contributed by atoms with Gasteiger partial charge in [0.2, 0.25) is 0 Å². The van der Waals surface area contributed by atoms with Gasteiger partial charge in [-0.3, -0.25) is 14.5 Å². The number of hydrogen-bond acceptors (Lipinski definition) is 4. The van der Waals surface area contributed by atoms with Crippen molar-refractivity contribution in [2.75, 3.05) is 12.0 Å². The lowest BCUT2D eigenvalue weighted by Gasteiger charge is -2.26. The topological polar surface area (TPSA) is 66.8 Å². The number of aryl methyl sites for hydroxylation is 2. The molecule has 33 heavy (non-hydrogen) atoms. The summed E-state index contributed by atoms with van der Waals surface area (Å²) in [4.78, 5) is 27.9. The zero-order chi connectivity index (χ0) is 23.9. The van der Waals surface area contributed by atoms with Crippen molar-refractivity contribution in [2.45, 2.75) is 19.9 Å². The second-order valence-electron chi connectivity index (χ2n) is 7.87. The van der Waals surface area contributed by atoms with Gasteiger partial charge in [0.1, 0.15) is 11.5 Å². The van der Waals surface area contributed by atoms with Crippen molar-refractivity contribution in [2.24, 2.45) is 0 Å². The first-order chi connectivity index (χ1) is 15.7. The van der Waals surface area contributed by atoms with E-state index in [4.69, 9.17) is 16.3 Å². The summed E-state index contributed by atoms with van der Waals surface area (Å²) in [6.07, 6.45) is 0. The molecule has 7 heteroatoms. The highest BCUT2D eigenvalue weighted by Gasteiger charge is 2.47. The van der Waals surface area contributed by atoms with Crippen LogP contribution in [0.2, 0.25) is 5.02 Å². The largest absolute Gasteiger partial charge is 0.507 e. The average molecular weight is 527 g/mol. The van der Waals surface area contributed by atoms with Crippen molar-refractivity contribution in [1.82, 2.24) is 0 Å². The first kappa shape index (κ1) is 23.1. The van der Waals surface area contributed by atoms with Crippen LogP contribution < -0.4 is 9.64 Å². The number of carbonyl (C=O) groups is 2. The van der Waals surface area contributed by atoms with Crippen LogP contribution in [0.25, 0.3) is 5.76 Å². The Kier molecular flexibility index (Phi) is 6.32. The van der Waals surface area contributed by atoms with Crippen LogP contribution >= 0.6 is 27.5 Å². The molecular weight excluding hydrogens is 506 g/mol. The Bertz CT molecular complexity index is 1320. The summed E-state index contributed by atoms with van der Waals surface area (Å²) < 4.78 is 6.10. The average Bonchev–Trinajstić information content (AvgIpc) is 3.05. The quantitative estimate of drug-likeness (QED) is 0.244. The van der Waals surface area contributed by atoms with Crippen LogP contribution in [0.4, 0.5) is 5.69 Å². The van der Waals surface area contributed by atoms with Crippen LogP contribution in [0, 0.1) is 13.8 Å². The standard InChI is InChI=1S/C26H21BrClNO4/c1-14-5-4-6-16(11-14)23-22(24(30)17-7-9-19(27)15(2)12-17)25(31)26(32)29(23)18-8-10-21(33-3)20(28)13-18/h4-13,23,30H,1-3H3/b24-22+. The highest BCUT2D eigenvalue weighted by molar-refractivity contribution is 9.10. The van der Waals surface area contributed by atoms with Crippen LogP contribution in [0.1, 0.15) is 28.3 Å². The Balaban J connectivity index is 1.96. The predicted octanol–water partition coefficient (Wildman–Crippen LogP) is 6.35. The molecule has 4 rings (SSSR count). The van der Waals surface area contributed by atoms with Gasteiger partial charge in [0.05, 0.1) is 23.7 Å². The number of methoxy groups -OCH3 is 1. The molecule has 0 saturated carbocycles. The van der Waals surface area contributed by atoms with Gasteiger partial charge in [0.15, 0.2) is 0 Å². The molecule has 1 saturated heterocycles. The molecule has 0 radical (unpaired) electrons. The number of hydrogen-bond donors (Lipinski definition) is 1. The van der Waals surface area contributed by atoms with Crippen LogP contribution in [0.3, 0.4) is 0 Å². The normalized spacial score (nSPS) is 17.5. The molecule has 5 nitrogen and oxygen atoms in total. The molecule has 0 aliphatic carbocycles. The minimum absolute atomic E-state index is 0.0271. The second kappa shape index (κ2) is 9.04. The predicted molar refractivity (Wildman–Crippen MR) is 133 cm³/mol. The lowest BCUT2D eigenvalue weighted by molar-refractivity contribution is -0.132. The summed E-state index contributed by atoms with van der Waals surface area (Å²) >= 11 is 9.77. The molecule has 1 fully saturated rings. The number of aliphatic hydroxyl groups is 1. The number of ether oxygens (including phenoxy) is 1. The van der Waals surface area contributed by atoms with Gasteiger partial charge in [-0.25, -0.2) is 0 Å². The maximum absolute atomic E-state index is 13.3. The van der Waals surface area contributed by atoms with E-state index >= 15 is 0 Å². The van der Waals surface area contributed by atoms with Gasteiger partial charge in [0, 0.05) is 15.7 Å². The molecule has 0 bridgehead atoms. The number of nitrogens with zero attached hydrogens (tertiary/aromatic N) is 1. The minimum Gasteiger partial charge on any atom is -0.507 e. The van der Waals surface area contributed by atoms with E-state index in [1.165, 1.54) is 12.0 Å². The van der Waals surface area contributed by atoms with Gasteiger partial charge in [-0.1, -0.05) is 63.4 Å². The number of anilines is 1. The summed E-state index contributed by atoms with van der Waals surface area (Å²) in [5.41, 5.74) is 3.48. The first-order valence-electron chi connectivity index (χ1n) is 10.2. The van der Waals surface area contributed by atoms with E-state index in [0.717, 1.165) is 15.6 Å². The molecule has 1 amide bonds. The van der Waals surface area contributed by atoms with Gasteiger partial charge in [0.25, 0.3) is 11.7 Å². The molecular formula is C26H21BrClNO4. The monoisotopic (exact) mass is 525 g/mol. The highest BCUT2D eigenvalue weighted by atomic mass is 79.9. The van der Waals surface area contributed by atoms with Crippen molar-refractivity contribution in [3.05, 3.63) is 98.0 Å². The van der Waals surface area contributed by atoms with Gasteiger partial charge in [-0.15, -0.1) is 0 Å². The summed E-state index contributed by atoms with van der Waals surface area (Å²) in [6.45, 7) is 3.81. The number of Topliss-reactive ketones (excluding diaryl/α,β-unsaturated/α-hetero) is 1. The van der Waals surface area contributed by atoms with E-state index in [2.05, 4.69) is 15.9 Å². The van der Waals surface area contributed by atoms with E-state index in [9.17, 15) is 14.7 Å². The van der Waals surface area contributed by atoms with E-state index in [1.54, 1.807) is 36.4 Å². The van der Waals surface area contributed by atoms with E-state index < -0.39 is 17.7 Å². The minimum atomic E-state index is -0.821. The molecule has 3 aromatic carbocycles. The molecule has 1 aliphatic rings. The number of carbonyl (C=O) groups excluding carboxylic acids is 2. The van der Waals surface area contributed by atoms with Gasteiger partial charge in [-0.05, 0) is 55.3 Å². The fraction of sp³-hybridized carbons (Fsp3) is 0.154. The van der Waals surface area contributed by atoms with Crippen molar-refractivity contribution in [3.63, 3.8) is 0 Å². The van der Waals surface area contributed by atoms with Crippen LogP contribution in [-0.4, -0.2) is 23.9 Å². The fourth-order valence-electron chi connectivity index (χ4n) is 4.01. The molecule has 168 valence electrons. The third-order valence-electron chi connectivity index (χ3n) is 5.65. The number of halogens is 2. The molecule has 1 atom stereocenters. The van der Waals surface area contributed by atoms with E-state index in [1.807, 2.05) is 38.1 Å². The third kappa shape index (κ3) is 4.16. The third-order valence-corrected chi connectivity index (χ3v) is 6.83. The number of aliphatic hydroxyl groups excluding tert-OH is 1. The maximum atomic E-state index is 13.3. The van der Waals surface area contributed by atoms with Crippen LogP contribution in [0.15, 0.2) is 70.7 Å². The Labute approximate surface area is 205 Å². The van der Waals surface area contributed by atoms with Crippen LogP contribution in [-0.2, 0) is 9.59 Å². The van der Waals surface area contributed by atoms with Crippen molar-refractivity contribution >= 4 is 50.7 Å². The molecule has 0 aromatic heterocycles. The number of ketones is 1. The Morgan fingerprint density at radius 1 is 1.06 bits per heavy atom. The molecule has 0 spiro atoms. The lowest BCUT2D eigenvalue weighted by atomic mass is 9.94. The summed E-state index contributed by atoms with van der Waals surface area (Å²) in [7, 11) is 1.50. The summed E-state index contributed by atoms with van der Waals surface area (Å²) in [6, 6.07) is 16.9. The maximum Gasteiger partial charge on any atom is 0.300 e. The van der Waals surface area contributed by atoms with Crippen LogP contribution in [0.5, 0.6) is 5.75 Å². The fourth-order valence-corrected chi connectivity index (χ4v) is 4.51. The Hall–Kier alpha value is -3.09. The SMILES string of the molecule is COc1ccc(N2C(=O)C(=O)/C(=C(/O)c3ccc(Br)c(C)c3)C2c2cccc(C)c2)cc1Cl. The summed E-state index contributed by atoms with van der Waals surface area (Å²) in [5, 5.41) is 11.6. The molecule has 3 aromatic rings. The van der Waals surface area contributed by atoms with E-state index in [-0.39, 0.29) is 11.3 Å². The van der Waals surface area contributed by atoms with Crippen molar-refractivity contribution in [1.29, 1.82) is 0 Å². The Morgan fingerprint density at radius 2 is 1.82 bits per heavy atom. The van der Waals surface area contributed by atoms with Crippen molar-refractivity contribution in [3.8, 4) is 5.75 Å². The lowest BCUT2D eigenvalue weighted by Crippen LogP contribution is -2.29.